The quantitative estimate of drug-likeness (QED) is 0.643. The lowest BCUT2D eigenvalue weighted by Gasteiger charge is -2.18. The fraction of sp³-hybridized carbons (Fsp3) is 0.176. The van der Waals surface area contributed by atoms with Crippen LogP contribution in [-0.2, 0) is 0 Å². The first-order chi connectivity index (χ1) is 11.7. The van der Waals surface area contributed by atoms with Gasteiger partial charge in [0.1, 0.15) is 19.0 Å². The smallest absolute Gasteiger partial charge is 0.271 e. The largest absolute Gasteiger partial charge is 0.496 e. The van der Waals surface area contributed by atoms with Gasteiger partial charge in [-0.25, -0.2) is 5.43 Å². The van der Waals surface area contributed by atoms with Crippen LogP contribution in [0.5, 0.6) is 17.2 Å². The number of rotatable bonds is 4. The molecule has 1 aliphatic rings. The number of ether oxygens (including phenoxy) is 3. The van der Waals surface area contributed by atoms with Crippen molar-refractivity contribution in [3.8, 4) is 17.2 Å². The zero-order valence-electron chi connectivity index (χ0n) is 12.9. The van der Waals surface area contributed by atoms with Gasteiger partial charge in [-0.1, -0.05) is 15.9 Å². The Bertz CT molecular complexity index is 792. The van der Waals surface area contributed by atoms with Crippen LogP contribution in [0.2, 0.25) is 0 Å². The molecule has 7 heteroatoms. The van der Waals surface area contributed by atoms with Crippen molar-refractivity contribution in [2.75, 3.05) is 20.3 Å². The van der Waals surface area contributed by atoms with Gasteiger partial charge in [0, 0.05) is 15.6 Å². The van der Waals surface area contributed by atoms with Crippen molar-refractivity contribution in [3.63, 3.8) is 0 Å². The second kappa shape index (κ2) is 7.35. The minimum atomic E-state index is -0.336. The molecule has 0 bridgehead atoms. The van der Waals surface area contributed by atoms with Crippen LogP contribution in [0.15, 0.2) is 46.0 Å². The van der Waals surface area contributed by atoms with E-state index in [1.165, 1.54) is 6.21 Å². The molecule has 0 radical (unpaired) electrons. The molecule has 1 N–H and O–H groups in total. The lowest BCUT2D eigenvalue weighted by atomic mass is 10.2. The predicted molar refractivity (Wildman–Crippen MR) is 93.2 cm³/mol. The highest BCUT2D eigenvalue weighted by molar-refractivity contribution is 9.10. The number of hydrazone groups is 1. The lowest BCUT2D eigenvalue weighted by molar-refractivity contribution is 0.0954. The third kappa shape index (κ3) is 3.68. The van der Waals surface area contributed by atoms with E-state index in [2.05, 4.69) is 26.5 Å². The zero-order chi connectivity index (χ0) is 16.9. The number of nitrogens with zero attached hydrogens (tertiary/aromatic N) is 1. The Morgan fingerprint density at radius 3 is 2.79 bits per heavy atom. The lowest BCUT2D eigenvalue weighted by Crippen LogP contribution is -2.19. The second-order valence-electron chi connectivity index (χ2n) is 4.94. The van der Waals surface area contributed by atoms with Gasteiger partial charge < -0.3 is 14.2 Å². The number of carbonyl (C=O) groups excluding carboxylic acids is 1. The van der Waals surface area contributed by atoms with Crippen LogP contribution in [0, 0.1) is 0 Å². The highest BCUT2D eigenvalue weighted by Gasteiger charge is 2.14. The topological polar surface area (TPSA) is 69.2 Å². The average Bonchev–Trinajstić information content (AvgIpc) is 2.61. The minimum absolute atomic E-state index is 0.336. The Morgan fingerprint density at radius 2 is 2.00 bits per heavy atom. The van der Waals surface area contributed by atoms with Crippen molar-refractivity contribution in [2.45, 2.75) is 0 Å². The summed E-state index contributed by atoms with van der Waals surface area (Å²) in [6.45, 7) is 0.982. The van der Waals surface area contributed by atoms with E-state index in [0.29, 0.717) is 36.0 Å². The summed E-state index contributed by atoms with van der Waals surface area (Å²) in [4.78, 5) is 12.2. The molecule has 0 spiro atoms. The number of hydrogen-bond donors (Lipinski definition) is 1. The molecule has 2 aromatic rings. The number of fused-ring (bicyclic) bond motifs is 1. The molecule has 0 saturated heterocycles. The van der Waals surface area contributed by atoms with Crippen LogP contribution >= 0.6 is 15.9 Å². The fourth-order valence-electron chi connectivity index (χ4n) is 2.22. The Morgan fingerprint density at radius 1 is 1.21 bits per heavy atom. The number of amides is 1. The molecule has 0 aromatic heterocycles. The van der Waals surface area contributed by atoms with Crippen molar-refractivity contribution in [2.24, 2.45) is 5.10 Å². The van der Waals surface area contributed by atoms with Crippen molar-refractivity contribution >= 4 is 28.1 Å². The monoisotopic (exact) mass is 390 g/mol. The predicted octanol–water partition coefficient (Wildman–Crippen LogP) is 2.99. The van der Waals surface area contributed by atoms with Crippen molar-refractivity contribution in [3.05, 3.63) is 52.0 Å². The van der Waals surface area contributed by atoms with Crippen molar-refractivity contribution < 1.29 is 19.0 Å². The van der Waals surface area contributed by atoms with E-state index in [4.69, 9.17) is 14.2 Å². The molecule has 1 amide bonds. The Labute approximate surface area is 147 Å². The molecule has 1 heterocycles. The van der Waals surface area contributed by atoms with E-state index < -0.39 is 0 Å². The third-order valence-corrected chi connectivity index (χ3v) is 3.86. The highest BCUT2D eigenvalue weighted by atomic mass is 79.9. The van der Waals surface area contributed by atoms with Crippen LogP contribution in [-0.4, -0.2) is 32.4 Å². The van der Waals surface area contributed by atoms with Gasteiger partial charge in [0.15, 0.2) is 11.5 Å². The van der Waals surface area contributed by atoms with Crippen LogP contribution in [0.4, 0.5) is 0 Å². The number of benzene rings is 2. The molecule has 0 unspecified atom stereocenters. The Balaban J connectivity index is 1.70. The first-order valence-corrected chi connectivity index (χ1v) is 8.03. The van der Waals surface area contributed by atoms with Gasteiger partial charge in [-0.05, 0) is 36.4 Å². The first-order valence-electron chi connectivity index (χ1n) is 7.24. The first kappa shape index (κ1) is 16.3. The molecule has 0 saturated carbocycles. The Kier molecular flexibility index (Phi) is 5.00. The maximum atomic E-state index is 12.2. The second-order valence-corrected chi connectivity index (χ2v) is 5.86. The fourth-order valence-corrected chi connectivity index (χ4v) is 2.59. The van der Waals surface area contributed by atoms with Crippen LogP contribution in [0.25, 0.3) is 0 Å². The van der Waals surface area contributed by atoms with Gasteiger partial charge in [0.2, 0.25) is 0 Å². The molecular weight excluding hydrogens is 376 g/mol. The van der Waals surface area contributed by atoms with E-state index in [-0.39, 0.29) is 5.91 Å². The van der Waals surface area contributed by atoms with Gasteiger partial charge in [-0.3, -0.25) is 4.79 Å². The van der Waals surface area contributed by atoms with E-state index in [0.717, 1.165) is 10.0 Å². The number of halogens is 1. The molecule has 3 rings (SSSR count). The molecule has 6 nitrogen and oxygen atoms in total. The van der Waals surface area contributed by atoms with Gasteiger partial charge in [0.25, 0.3) is 5.91 Å². The SMILES string of the molecule is COc1ccc(Br)cc1/C=N/NC(=O)c1ccc2c(c1)OCCO2. The molecule has 1 aliphatic heterocycles. The van der Waals surface area contributed by atoms with Gasteiger partial charge >= 0.3 is 0 Å². The number of carbonyl (C=O) groups is 1. The molecule has 24 heavy (non-hydrogen) atoms. The summed E-state index contributed by atoms with van der Waals surface area (Å²) in [6, 6.07) is 10.5. The summed E-state index contributed by atoms with van der Waals surface area (Å²) in [5, 5.41) is 3.98. The standard InChI is InChI=1S/C17H15BrN2O4/c1-22-14-5-3-13(18)8-12(14)10-19-20-17(21)11-2-4-15-16(9-11)24-7-6-23-15/h2-5,8-10H,6-7H2,1H3,(H,20,21)/b19-10+. The maximum absolute atomic E-state index is 12.2. The average molecular weight is 391 g/mol. The third-order valence-electron chi connectivity index (χ3n) is 3.37. The molecule has 0 fully saturated rings. The summed E-state index contributed by atoms with van der Waals surface area (Å²) in [7, 11) is 1.58. The van der Waals surface area contributed by atoms with Crippen LogP contribution in [0.3, 0.4) is 0 Å². The van der Waals surface area contributed by atoms with E-state index >= 15 is 0 Å². The van der Waals surface area contributed by atoms with E-state index in [9.17, 15) is 4.79 Å². The van der Waals surface area contributed by atoms with E-state index in [1.54, 1.807) is 25.3 Å². The molecule has 0 atom stereocenters. The number of nitrogens with one attached hydrogen (secondary N) is 1. The van der Waals surface area contributed by atoms with Gasteiger partial charge in [-0.15, -0.1) is 0 Å². The summed E-state index contributed by atoms with van der Waals surface area (Å²) >= 11 is 3.39. The summed E-state index contributed by atoms with van der Waals surface area (Å²) in [6.07, 6.45) is 1.53. The number of methoxy groups -OCH3 is 1. The zero-order valence-corrected chi connectivity index (χ0v) is 14.5. The number of hydrogen-bond acceptors (Lipinski definition) is 5. The van der Waals surface area contributed by atoms with Gasteiger partial charge in [0.05, 0.1) is 13.3 Å². The molecular formula is C17H15BrN2O4. The molecule has 0 aliphatic carbocycles. The van der Waals surface area contributed by atoms with Crippen LogP contribution in [0.1, 0.15) is 15.9 Å². The maximum Gasteiger partial charge on any atom is 0.271 e. The molecule has 124 valence electrons. The normalized spacial score (nSPS) is 12.9. The Hall–Kier alpha value is -2.54. The van der Waals surface area contributed by atoms with E-state index in [1.807, 2.05) is 18.2 Å². The summed E-state index contributed by atoms with van der Waals surface area (Å²) < 4.78 is 17.0. The van der Waals surface area contributed by atoms with Gasteiger partial charge in [-0.2, -0.15) is 5.10 Å². The summed E-state index contributed by atoms with van der Waals surface area (Å²) in [5.74, 6) is 1.53. The highest BCUT2D eigenvalue weighted by Crippen LogP contribution is 2.30. The molecule has 2 aromatic carbocycles. The van der Waals surface area contributed by atoms with Crippen molar-refractivity contribution in [1.82, 2.24) is 5.43 Å². The summed E-state index contributed by atoms with van der Waals surface area (Å²) in [5.41, 5.74) is 3.68. The van der Waals surface area contributed by atoms with Crippen molar-refractivity contribution in [1.29, 1.82) is 0 Å². The van der Waals surface area contributed by atoms with Crippen LogP contribution < -0.4 is 19.6 Å². The minimum Gasteiger partial charge on any atom is -0.496 e.